The highest BCUT2D eigenvalue weighted by atomic mass is 16.5. The second-order valence-corrected chi connectivity index (χ2v) is 3.60. The van der Waals surface area contributed by atoms with E-state index in [2.05, 4.69) is 4.98 Å². The first kappa shape index (κ1) is 14.6. The van der Waals surface area contributed by atoms with Gasteiger partial charge in [-0.25, -0.2) is 4.79 Å². The van der Waals surface area contributed by atoms with Gasteiger partial charge in [0.2, 0.25) is 0 Å². The molecule has 3 N–H and O–H groups in total. The summed E-state index contributed by atoms with van der Waals surface area (Å²) >= 11 is 0. The first-order valence-electron chi connectivity index (χ1n) is 5.27. The van der Waals surface area contributed by atoms with Gasteiger partial charge in [-0.05, 0) is 0 Å². The quantitative estimate of drug-likeness (QED) is 0.561. The number of aliphatic carboxylic acids is 1. The van der Waals surface area contributed by atoms with Crippen LogP contribution in [0.15, 0.2) is 15.8 Å². The molecule has 0 aliphatic carbocycles. The Bertz CT molecular complexity index is 575. The number of ether oxygens (including phenoxy) is 1. The molecule has 0 spiro atoms. The number of carbonyl (C=O) groups is 2. The molecule has 9 heteroatoms. The maximum Gasteiger partial charge on any atom is 0.325 e. The number of carbonyl (C=O) groups excluding carboxylic acids is 1. The highest BCUT2D eigenvalue weighted by Gasteiger charge is 2.21. The molecular weight excluding hydrogens is 258 g/mol. The minimum absolute atomic E-state index is 0.0141. The second-order valence-electron chi connectivity index (χ2n) is 3.60. The summed E-state index contributed by atoms with van der Waals surface area (Å²) in [6, 6.07) is 0. The molecule has 0 aliphatic heterocycles. The molecule has 0 unspecified atom stereocenters. The lowest BCUT2D eigenvalue weighted by atomic mass is 10.3. The number of carboxylic acids is 1. The first-order valence-corrected chi connectivity index (χ1v) is 5.27. The van der Waals surface area contributed by atoms with Gasteiger partial charge in [0.1, 0.15) is 12.1 Å². The zero-order valence-electron chi connectivity index (χ0n) is 10.1. The van der Waals surface area contributed by atoms with E-state index in [4.69, 9.17) is 9.84 Å². The van der Waals surface area contributed by atoms with Crippen molar-refractivity contribution in [2.24, 2.45) is 0 Å². The van der Waals surface area contributed by atoms with Crippen LogP contribution in [0.25, 0.3) is 0 Å². The van der Waals surface area contributed by atoms with Gasteiger partial charge < -0.3 is 19.7 Å². The van der Waals surface area contributed by atoms with E-state index < -0.39 is 29.7 Å². The third-order valence-electron chi connectivity index (χ3n) is 2.23. The van der Waals surface area contributed by atoms with Crippen LogP contribution in [0.2, 0.25) is 0 Å². The van der Waals surface area contributed by atoms with E-state index in [1.54, 1.807) is 0 Å². The Morgan fingerprint density at radius 3 is 2.63 bits per heavy atom. The summed E-state index contributed by atoms with van der Waals surface area (Å²) in [6.45, 7) is -0.429. The van der Waals surface area contributed by atoms with E-state index in [0.717, 1.165) is 11.1 Å². The Kier molecular flexibility index (Phi) is 5.01. The Balaban J connectivity index is 3.00. The van der Waals surface area contributed by atoms with Crippen LogP contribution < -0.4 is 11.2 Å². The number of nitrogens with zero attached hydrogens (tertiary/aromatic N) is 1. The summed E-state index contributed by atoms with van der Waals surface area (Å²) in [5.41, 5.74) is -1.96. The van der Waals surface area contributed by atoms with E-state index in [1.165, 1.54) is 7.11 Å². The number of rotatable bonds is 6. The topological polar surface area (TPSA) is 133 Å². The van der Waals surface area contributed by atoms with Gasteiger partial charge in [0, 0.05) is 19.9 Å². The maximum absolute atomic E-state index is 12.0. The number of amides is 1. The zero-order valence-corrected chi connectivity index (χ0v) is 10.1. The second kappa shape index (κ2) is 6.50. The molecule has 0 atom stereocenters. The highest BCUT2D eigenvalue weighted by molar-refractivity contribution is 5.95. The van der Waals surface area contributed by atoms with Crippen LogP contribution in [-0.4, -0.2) is 58.7 Å². The number of carboxylic acid groups (broad SMARTS) is 1. The van der Waals surface area contributed by atoms with Crippen LogP contribution in [0, 0.1) is 0 Å². The Morgan fingerprint density at radius 2 is 2.11 bits per heavy atom. The monoisotopic (exact) mass is 271 g/mol. The predicted octanol–water partition coefficient (Wildman–Crippen LogP) is -1.76. The van der Waals surface area contributed by atoms with Gasteiger partial charge in [0.15, 0.2) is 0 Å². The SMILES string of the molecule is COCCN(CC(=O)O)C(=O)c1c[nH]c(=O)[nH]c1=O. The van der Waals surface area contributed by atoms with E-state index in [-0.39, 0.29) is 18.7 Å². The Morgan fingerprint density at radius 1 is 1.42 bits per heavy atom. The molecular formula is C10H13N3O6. The van der Waals surface area contributed by atoms with E-state index >= 15 is 0 Å². The molecule has 104 valence electrons. The average Bonchev–Trinajstić information content (AvgIpc) is 2.33. The molecule has 1 aromatic heterocycles. The minimum Gasteiger partial charge on any atom is -0.480 e. The summed E-state index contributed by atoms with van der Waals surface area (Å²) < 4.78 is 4.76. The number of aromatic nitrogens is 2. The molecule has 0 fully saturated rings. The fourth-order valence-corrected chi connectivity index (χ4v) is 1.36. The van der Waals surface area contributed by atoms with Crippen molar-refractivity contribution >= 4 is 11.9 Å². The van der Waals surface area contributed by atoms with Gasteiger partial charge in [-0.3, -0.25) is 19.4 Å². The van der Waals surface area contributed by atoms with Gasteiger partial charge in [0.25, 0.3) is 11.5 Å². The summed E-state index contributed by atoms with van der Waals surface area (Å²) in [6.07, 6.45) is 0.950. The zero-order chi connectivity index (χ0) is 14.4. The number of hydrogen-bond acceptors (Lipinski definition) is 5. The molecule has 0 aromatic carbocycles. The summed E-state index contributed by atoms with van der Waals surface area (Å²) in [5, 5.41) is 8.71. The van der Waals surface area contributed by atoms with Crippen LogP contribution >= 0.6 is 0 Å². The van der Waals surface area contributed by atoms with Gasteiger partial charge >= 0.3 is 11.7 Å². The summed E-state index contributed by atoms with van der Waals surface area (Å²) in [4.78, 5) is 49.9. The number of nitrogens with one attached hydrogen (secondary N) is 2. The Hall–Kier alpha value is -2.42. The fourth-order valence-electron chi connectivity index (χ4n) is 1.36. The minimum atomic E-state index is -1.22. The molecule has 1 heterocycles. The lowest BCUT2D eigenvalue weighted by Crippen LogP contribution is -2.41. The van der Waals surface area contributed by atoms with Crippen LogP contribution in [0.1, 0.15) is 10.4 Å². The standard InChI is InChI=1S/C10H13N3O6/c1-19-3-2-13(5-7(14)15)9(17)6-4-11-10(18)12-8(6)16/h4H,2-3,5H2,1H3,(H,14,15)(H2,11,12,16,18). The van der Waals surface area contributed by atoms with Gasteiger partial charge in [0.05, 0.1) is 6.61 Å². The van der Waals surface area contributed by atoms with Crippen molar-refractivity contribution in [3.05, 3.63) is 32.6 Å². The third-order valence-corrected chi connectivity index (χ3v) is 2.23. The van der Waals surface area contributed by atoms with Crippen molar-refractivity contribution in [1.82, 2.24) is 14.9 Å². The molecule has 0 saturated heterocycles. The summed E-state index contributed by atoms with van der Waals surface area (Å²) in [7, 11) is 1.40. The smallest absolute Gasteiger partial charge is 0.325 e. The molecule has 0 aliphatic rings. The van der Waals surface area contributed by atoms with Crippen LogP contribution in [-0.2, 0) is 9.53 Å². The normalized spacial score (nSPS) is 10.2. The van der Waals surface area contributed by atoms with Gasteiger partial charge in [-0.1, -0.05) is 0 Å². The molecule has 0 saturated carbocycles. The van der Waals surface area contributed by atoms with E-state index in [1.807, 2.05) is 4.98 Å². The maximum atomic E-state index is 12.0. The fraction of sp³-hybridized carbons (Fsp3) is 0.400. The molecule has 0 radical (unpaired) electrons. The molecule has 1 amide bonds. The number of hydrogen-bond donors (Lipinski definition) is 3. The van der Waals surface area contributed by atoms with E-state index in [0.29, 0.717) is 0 Å². The molecule has 9 nitrogen and oxygen atoms in total. The van der Waals surface area contributed by atoms with Gasteiger partial charge in [-0.2, -0.15) is 0 Å². The van der Waals surface area contributed by atoms with Crippen molar-refractivity contribution in [2.45, 2.75) is 0 Å². The molecule has 0 bridgehead atoms. The number of H-pyrrole nitrogens is 2. The predicted molar refractivity (Wildman–Crippen MR) is 63.1 cm³/mol. The lowest BCUT2D eigenvalue weighted by Gasteiger charge is -2.19. The lowest BCUT2D eigenvalue weighted by molar-refractivity contribution is -0.137. The van der Waals surface area contributed by atoms with Crippen LogP contribution in [0.4, 0.5) is 0 Å². The van der Waals surface area contributed by atoms with Crippen molar-refractivity contribution < 1.29 is 19.4 Å². The number of aromatic amines is 2. The van der Waals surface area contributed by atoms with Crippen molar-refractivity contribution in [3.8, 4) is 0 Å². The number of methoxy groups -OCH3 is 1. The highest BCUT2D eigenvalue weighted by Crippen LogP contribution is 1.98. The molecule has 1 aromatic rings. The van der Waals surface area contributed by atoms with Crippen molar-refractivity contribution in [2.75, 3.05) is 26.8 Å². The van der Waals surface area contributed by atoms with Gasteiger partial charge in [-0.15, -0.1) is 0 Å². The molecule has 19 heavy (non-hydrogen) atoms. The average molecular weight is 271 g/mol. The summed E-state index contributed by atoms with van der Waals surface area (Å²) in [5.74, 6) is -2.01. The van der Waals surface area contributed by atoms with Crippen molar-refractivity contribution in [1.29, 1.82) is 0 Å². The molecule has 1 rings (SSSR count). The first-order chi connectivity index (χ1) is 8.95. The van der Waals surface area contributed by atoms with E-state index in [9.17, 15) is 19.2 Å². The largest absolute Gasteiger partial charge is 0.480 e. The van der Waals surface area contributed by atoms with Crippen LogP contribution in [0.3, 0.4) is 0 Å². The Labute approximate surface area is 106 Å². The third kappa shape index (κ3) is 4.07. The van der Waals surface area contributed by atoms with Crippen LogP contribution in [0.5, 0.6) is 0 Å². The van der Waals surface area contributed by atoms with Crippen molar-refractivity contribution in [3.63, 3.8) is 0 Å².